The Morgan fingerprint density at radius 2 is 1.93 bits per heavy atom. The highest BCUT2D eigenvalue weighted by Crippen LogP contribution is 2.15. The number of aromatic nitrogens is 2. The van der Waals surface area contributed by atoms with Crippen molar-refractivity contribution >= 4 is 23.5 Å². The molecule has 0 unspecified atom stereocenters. The molecule has 3 rings (SSSR count). The highest BCUT2D eigenvalue weighted by molar-refractivity contribution is 5.98. The first-order valence-electron chi connectivity index (χ1n) is 9.66. The van der Waals surface area contributed by atoms with Crippen molar-refractivity contribution in [3.8, 4) is 0 Å². The molecule has 1 aliphatic rings. The molecule has 2 heterocycles. The zero-order valence-electron chi connectivity index (χ0n) is 16.8. The SMILES string of the molecule is CN=C(NCCCNC(=O)c1ccccc1)N1CCN(c2cnn(C)c2)C(=O)C1. The molecule has 0 bridgehead atoms. The molecule has 1 fully saturated rings. The van der Waals surface area contributed by atoms with Gasteiger partial charge in [0.05, 0.1) is 11.9 Å². The van der Waals surface area contributed by atoms with Gasteiger partial charge in [0.15, 0.2) is 5.96 Å². The Morgan fingerprint density at radius 1 is 1.17 bits per heavy atom. The number of rotatable bonds is 6. The van der Waals surface area contributed by atoms with E-state index < -0.39 is 0 Å². The number of nitrogens with one attached hydrogen (secondary N) is 2. The number of aryl methyl sites for hydroxylation is 1. The molecule has 0 spiro atoms. The maximum Gasteiger partial charge on any atom is 0.251 e. The van der Waals surface area contributed by atoms with Gasteiger partial charge in [-0.05, 0) is 18.6 Å². The third-order valence-corrected chi connectivity index (χ3v) is 4.69. The standard InChI is InChI=1S/C20H27N7O2/c1-21-20(23-10-6-9-22-19(29)16-7-4-3-5-8-16)26-11-12-27(18(28)15-26)17-13-24-25(2)14-17/h3-5,7-8,13-14H,6,9-12,15H2,1-2H3,(H,21,23)(H,22,29). The van der Waals surface area contributed by atoms with Crippen LogP contribution in [0.15, 0.2) is 47.7 Å². The normalized spacial score (nSPS) is 14.8. The van der Waals surface area contributed by atoms with Crippen molar-refractivity contribution in [1.29, 1.82) is 0 Å². The second kappa shape index (κ2) is 9.72. The summed E-state index contributed by atoms with van der Waals surface area (Å²) in [6.07, 6.45) is 4.29. The fourth-order valence-electron chi connectivity index (χ4n) is 3.19. The van der Waals surface area contributed by atoms with E-state index in [0.717, 1.165) is 12.1 Å². The Labute approximate surface area is 170 Å². The summed E-state index contributed by atoms with van der Waals surface area (Å²) in [6.45, 7) is 2.74. The molecule has 2 N–H and O–H groups in total. The van der Waals surface area contributed by atoms with E-state index in [2.05, 4.69) is 20.7 Å². The fourth-order valence-corrected chi connectivity index (χ4v) is 3.19. The van der Waals surface area contributed by atoms with Crippen molar-refractivity contribution in [2.75, 3.05) is 44.7 Å². The topological polar surface area (TPSA) is 94.9 Å². The van der Waals surface area contributed by atoms with Crippen LogP contribution in [0.1, 0.15) is 16.8 Å². The van der Waals surface area contributed by atoms with Gasteiger partial charge in [0.2, 0.25) is 5.91 Å². The second-order valence-electron chi connectivity index (χ2n) is 6.79. The number of benzene rings is 1. The Balaban J connectivity index is 1.40. The summed E-state index contributed by atoms with van der Waals surface area (Å²) >= 11 is 0. The Hall–Kier alpha value is -3.36. The average molecular weight is 397 g/mol. The molecule has 9 heteroatoms. The maximum absolute atomic E-state index is 12.5. The van der Waals surface area contributed by atoms with Crippen LogP contribution in [0.3, 0.4) is 0 Å². The van der Waals surface area contributed by atoms with Gasteiger partial charge in [-0.2, -0.15) is 5.10 Å². The number of hydrogen-bond donors (Lipinski definition) is 2. The third kappa shape index (κ3) is 5.34. The van der Waals surface area contributed by atoms with Crippen molar-refractivity contribution in [2.24, 2.45) is 12.0 Å². The number of carbonyl (C=O) groups excluding carboxylic acids is 2. The van der Waals surface area contributed by atoms with Crippen LogP contribution < -0.4 is 15.5 Å². The van der Waals surface area contributed by atoms with E-state index in [0.29, 0.717) is 37.7 Å². The molecule has 29 heavy (non-hydrogen) atoms. The summed E-state index contributed by atoms with van der Waals surface area (Å²) in [4.78, 5) is 32.5. The van der Waals surface area contributed by atoms with Crippen LogP contribution in [0.2, 0.25) is 0 Å². The predicted octanol–water partition coefficient (Wildman–Crippen LogP) is 0.464. The van der Waals surface area contributed by atoms with Crippen LogP contribution in [0.4, 0.5) is 5.69 Å². The summed E-state index contributed by atoms with van der Waals surface area (Å²) in [7, 11) is 3.54. The molecule has 1 saturated heterocycles. The summed E-state index contributed by atoms with van der Waals surface area (Å²) < 4.78 is 1.69. The van der Waals surface area contributed by atoms with Crippen molar-refractivity contribution < 1.29 is 9.59 Å². The van der Waals surface area contributed by atoms with Crippen LogP contribution in [0.25, 0.3) is 0 Å². The van der Waals surface area contributed by atoms with Crippen molar-refractivity contribution in [2.45, 2.75) is 6.42 Å². The largest absolute Gasteiger partial charge is 0.356 e. The van der Waals surface area contributed by atoms with E-state index in [-0.39, 0.29) is 18.4 Å². The number of hydrogen-bond acceptors (Lipinski definition) is 4. The summed E-state index contributed by atoms with van der Waals surface area (Å²) in [5.74, 6) is 0.632. The lowest BCUT2D eigenvalue weighted by Crippen LogP contribution is -2.55. The van der Waals surface area contributed by atoms with Gasteiger partial charge >= 0.3 is 0 Å². The maximum atomic E-state index is 12.5. The van der Waals surface area contributed by atoms with E-state index in [1.165, 1.54) is 0 Å². The van der Waals surface area contributed by atoms with Gasteiger partial charge in [-0.25, -0.2) is 0 Å². The van der Waals surface area contributed by atoms with Crippen LogP contribution in [-0.4, -0.2) is 72.2 Å². The third-order valence-electron chi connectivity index (χ3n) is 4.69. The van der Waals surface area contributed by atoms with Gasteiger partial charge in [0, 0.05) is 52.0 Å². The quantitative estimate of drug-likeness (QED) is 0.420. The van der Waals surface area contributed by atoms with E-state index in [4.69, 9.17) is 0 Å². The van der Waals surface area contributed by atoms with Gasteiger partial charge in [-0.1, -0.05) is 18.2 Å². The van der Waals surface area contributed by atoms with Crippen LogP contribution in [0.5, 0.6) is 0 Å². The zero-order chi connectivity index (χ0) is 20.6. The van der Waals surface area contributed by atoms with E-state index in [1.54, 1.807) is 35.0 Å². The molecule has 1 aliphatic heterocycles. The number of aliphatic imine (C=N–C) groups is 1. The number of nitrogens with zero attached hydrogens (tertiary/aromatic N) is 5. The van der Waals surface area contributed by atoms with Crippen molar-refractivity contribution in [3.63, 3.8) is 0 Å². The van der Waals surface area contributed by atoms with Crippen LogP contribution in [0, 0.1) is 0 Å². The molecular weight excluding hydrogens is 370 g/mol. The number of amides is 2. The van der Waals surface area contributed by atoms with Crippen LogP contribution in [-0.2, 0) is 11.8 Å². The summed E-state index contributed by atoms with van der Waals surface area (Å²) in [5, 5.41) is 10.3. The first kappa shape index (κ1) is 20.4. The lowest BCUT2D eigenvalue weighted by Gasteiger charge is -2.35. The minimum absolute atomic E-state index is 0.0160. The number of carbonyl (C=O) groups is 2. The molecule has 2 aromatic rings. The lowest BCUT2D eigenvalue weighted by molar-refractivity contribution is -0.120. The molecule has 9 nitrogen and oxygen atoms in total. The minimum atomic E-state index is -0.0768. The van der Waals surface area contributed by atoms with Crippen molar-refractivity contribution in [3.05, 3.63) is 48.3 Å². The monoisotopic (exact) mass is 397 g/mol. The summed E-state index contributed by atoms with van der Waals surface area (Å²) in [6, 6.07) is 9.15. The number of anilines is 1. The molecule has 2 amide bonds. The zero-order valence-corrected chi connectivity index (χ0v) is 16.8. The molecule has 0 atom stereocenters. The van der Waals surface area contributed by atoms with Gasteiger partial charge in [0.1, 0.15) is 6.54 Å². The van der Waals surface area contributed by atoms with Gasteiger partial charge < -0.3 is 20.4 Å². The molecule has 1 aromatic heterocycles. The Kier molecular flexibility index (Phi) is 6.83. The van der Waals surface area contributed by atoms with E-state index in [9.17, 15) is 9.59 Å². The predicted molar refractivity (Wildman–Crippen MR) is 112 cm³/mol. The second-order valence-corrected chi connectivity index (χ2v) is 6.79. The lowest BCUT2D eigenvalue weighted by atomic mass is 10.2. The molecule has 0 saturated carbocycles. The Bertz CT molecular complexity index is 863. The average Bonchev–Trinajstić information content (AvgIpc) is 3.17. The molecule has 1 aromatic carbocycles. The summed E-state index contributed by atoms with van der Waals surface area (Å²) in [5.41, 5.74) is 1.47. The van der Waals surface area contributed by atoms with Gasteiger partial charge in [0.25, 0.3) is 5.91 Å². The fraction of sp³-hybridized carbons (Fsp3) is 0.400. The number of piperazine rings is 1. The van der Waals surface area contributed by atoms with E-state index in [1.807, 2.05) is 36.3 Å². The minimum Gasteiger partial charge on any atom is -0.356 e. The molecular formula is C20H27N7O2. The molecule has 0 aliphatic carbocycles. The molecule has 154 valence electrons. The van der Waals surface area contributed by atoms with E-state index >= 15 is 0 Å². The highest BCUT2D eigenvalue weighted by Gasteiger charge is 2.27. The molecule has 0 radical (unpaired) electrons. The Morgan fingerprint density at radius 3 is 2.59 bits per heavy atom. The van der Waals surface area contributed by atoms with Crippen LogP contribution >= 0.6 is 0 Å². The van der Waals surface area contributed by atoms with Gasteiger partial charge in [-0.15, -0.1) is 0 Å². The highest BCUT2D eigenvalue weighted by atomic mass is 16.2. The first-order valence-corrected chi connectivity index (χ1v) is 9.66. The number of guanidine groups is 1. The first-order chi connectivity index (χ1) is 14.1. The van der Waals surface area contributed by atoms with Crippen molar-refractivity contribution in [1.82, 2.24) is 25.3 Å². The van der Waals surface area contributed by atoms with Gasteiger partial charge in [-0.3, -0.25) is 19.3 Å². The smallest absolute Gasteiger partial charge is 0.251 e.